The van der Waals surface area contributed by atoms with Crippen LogP contribution < -0.4 is 10.1 Å². The molecule has 0 aliphatic heterocycles. The normalized spacial score (nSPS) is 12.7. The highest BCUT2D eigenvalue weighted by molar-refractivity contribution is 5.87. The van der Waals surface area contributed by atoms with Crippen LogP contribution in [-0.2, 0) is 16.1 Å². The minimum Gasteiger partial charge on any atom is -0.494 e. The number of amides is 2. The van der Waals surface area contributed by atoms with E-state index < -0.39 is 6.04 Å². The average molecular weight is 425 g/mol. The molecule has 0 heterocycles. The third kappa shape index (κ3) is 7.74. The zero-order valence-electron chi connectivity index (χ0n) is 19.5. The number of benzene rings is 2. The van der Waals surface area contributed by atoms with Crippen molar-refractivity contribution in [2.24, 2.45) is 0 Å². The van der Waals surface area contributed by atoms with Gasteiger partial charge in [0.2, 0.25) is 11.8 Å². The number of nitrogens with zero attached hydrogens (tertiary/aromatic N) is 1. The lowest BCUT2D eigenvalue weighted by Crippen LogP contribution is -2.49. The van der Waals surface area contributed by atoms with Crippen molar-refractivity contribution >= 4 is 11.8 Å². The van der Waals surface area contributed by atoms with Crippen molar-refractivity contribution < 1.29 is 14.3 Å². The summed E-state index contributed by atoms with van der Waals surface area (Å²) in [6.07, 6.45) is 1.77. The summed E-state index contributed by atoms with van der Waals surface area (Å²) in [5.41, 5.74) is 3.34. The standard InChI is InChI=1S/C26H36N2O3/c1-6-21(4)27-26(30)22(5)28(18-23-11-8-7-10-20(23)3)25(29)12-9-17-31-24-15-13-19(2)14-16-24/h7-8,10-11,13-16,21-22H,6,9,12,17-18H2,1-5H3,(H,27,30)/t21-,22-/m1/s1. The monoisotopic (exact) mass is 424 g/mol. The Bertz CT molecular complexity index is 848. The minimum absolute atomic E-state index is 0.0393. The topological polar surface area (TPSA) is 58.6 Å². The van der Waals surface area contributed by atoms with Gasteiger partial charge in [0.1, 0.15) is 11.8 Å². The van der Waals surface area contributed by atoms with Crippen LogP contribution >= 0.6 is 0 Å². The first-order chi connectivity index (χ1) is 14.8. The van der Waals surface area contributed by atoms with Gasteiger partial charge in [0.05, 0.1) is 6.61 Å². The van der Waals surface area contributed by atoms with E-state index in [9.17, 15) is 9.59 Å². The quantitative estimate of drug-likeness (QED) is 0.528. The summed E-state index contributed by atoms with van der Waals surface area (Å²) < 4.78 is 5.75. The zero-order chi connectivity index (χ0) is 22.8. The van der Waals surface area contributed by atoms with Crippen molar-refractivity contribution in [1.82, 2.24) is 10.2 Å². The molecular weight excluding hydrogens is 388 g/mol. The molecule has 1 N–H and O–H groups in total. The van der Waals surface area contributed by atoms with Gasteiger partial charge in [-0.05, 0) is 63.8 Å². The zero-order valence-corrected chi connectivity index (χ0v) is 19.5. The fourth-order valence-electron chi connectivity index (χ4n) is 3.21. The molecule has 2 aromatic rings. The summed E-state index contributed by atoms with van der Waals surface area (Å²) in [5, 5.41) is 3.00. The molecule has 2 aromatic carbocycles. The lowest BCUT2D eigenvalue weighted by atomic mass is 10.1. The molecule has 2 rings (SSSR count). The Morgan fingerprint density at radius 2 is 1.71 bits per heavy atom. The third-order valence-electron chi connectivity index (χ3n) is 5.59. The van der Waals surface area contributed by atoms with Gasteiger partial charge in [0, 0.05) is 19.0 Å². The molecule has 5 nitrogen and oxygen atoms in total. The summed E-state index contributed by atoms with van der Waals surface area (Å²) in [6, 6.07) is 15.4. The molecule has 0 bridgehead atoms. The molecule has 2 amide bonds. The first kappa shape index (κ1) is 24.4. The van der Waals surface area contributed by atoms with Crippen LogP contribution in [0.4, 0.5) is 0 Å². The summed E-state index contributed by atoms with van der Waals surface area (Å²) in [6.45, 7) is 10.7. The van der Waals surface area contributed by atoms with Crippen LogP contribution in [0.3, 0.4) is 0 Å². The molecule has 0 unspecified atom stereocenters. The Balaban J connectivity index is 2.01. The molecule has 0 aliphatic carbocycles. The second-order valence-electron chi connectivity index (χ2n) is 8.21. The van der Waals surface area contributed by atoms with Gasteiger partial charge >= 0.3 is 0 Å². The van der Waals surface area contributed by atoms with Crippen molar-refractivity contribution in [1.29, 1.82) is 0 Å². The van der Waals surface area contributed by atoms with Crippen LogP contribution in [0.15, 0.2) is 48.5 Å². The molecular formula is C26H36N2O3. The maximum atomic E-state index is 13.1. The molecule has 0 aliphatic rings. The van der Waals surface area contributed by atoms with Crippen LogP contribution in [0.2, 0.25) is 0 Å². The predicted molar refractivity (Wildman–Crippen MR) is 125 cm³/mol. The van der Waals surface area contributed by atoms with Crippen molar-refractivity contribution in [2.45, 2.75) is 72.5 Å². The number of carbonyl (C=O) groups excluding carboxylic acids is 2. The van der Waals surface area contributed by atoms with Gasteiger partial charge in [-0.3, -0.25) is 9.59 Å². The number of rotatable bonds is 11. The van der Waals surface area contributed by atoms with Gasteiger partial charge in [-0.2, -0.15) is 0 Å². The van der Waals surface area contributed by atoms with Gasteiger partial charge in [-0.1, -0.05) is 48.9 Å². The number of aryl methyl sites for hydroxylation is 2. The summed E-state index contributed by atoms with van der Waals surface area (Å²) in [5.74, 6) is 0.644. The van der Waals surface area contributed by atoms with Crippen molar-refractivity contribution in [2.75, 3.05) is 6.61 Å². The lowest BCUT2D eigenvalue weighted by Gasteiger charge is -2.30. The largest absolute Gasteiger partial charge is 0.494 e. The number of hydrogen-bond acceptors (Lipinski definition) is 3. The third-order valence-corrected chi connectivity index (χ3v) is 5.59. The minimum atomic E-state index is -0.542. The molecule has 0 saturated heterocycles. The second-order valence-corrected chi connectivity index (χ2v) is 8.21. The van der Waals surface area contributed by atoms with Gasteiger partial charge in [0.25, 0.3) is 0 Å². The maximum absolute atomic E-state index is 13.1. The smallest absolute Gasteiger partial charge is 0.242 e. The Kier molecular flexibility index (Phi) is 9.57. The number of carbonyl (C=O) groups is 2. The highest BCUT2D eigenvalue weighted by Crippen LogP contribution is 2.16. The van der Waals surface area contributed by atoms with Gasteiger partial charge in [-0.25, -0.2) is 0 Å². The number of ether oxygens (including phenoxy) is 1. The molecule has 0 radical (unpaired) electrons. The van der Waals surface area contributed by atoms with Gasteiger partial charge in [-0.15, -0.1) is 0 Å². The number of hydrogen-bond donors (Lipinski definition) is 1. The first-order valence-corrected chi connectivity index (χ1v) is 11.2. The summed E-state index contributed by atoms with van der Waals surface area (Å²) >= 11 is 0. The van der Waals surface area contributed by atoms with Crippen molar-refractivity contribution in [3.05, 3.63) is 65.2 Å². The van der Waals surface area contributed by atoms with E-state index in [1.54, 1.807) is 11.8 Å². The van der Waals surface area contributed by atoms with Crippen LogP contribution in [-0.4, -0.2) is 35.4 Å². The molecule has 0 fully saturated rings. The van der Waals surface area contributed by atoms with Crippen LogP contribution in [0.25, 0.3) is 0 Å². The predicted octanol–water partition coefficient (Wildman–Crippen LogP) is 4.79. The first-order valence-electron chi connectivity index (χ1n) is 11.2. The lowest BCUT2D eigenvalue weighted by molar-refractivity contribution is -0.141. The highest BCUT2D eigenvalue weighted by Gasteiger charge is 2.26. The van der Waals surface area contributed by atoms with E-state index in [0.29, 0.717) is 26.0 Å². The molecule has 0 saturated carbocycles. The van der Waals surface area contributed by atoms with Gasteiger partial charge in [0.15, 0.2) is 0 Å². The Hall–Kier alpha value is -2.82. The van der Waals surface area contributed by atoms with E-state index >= 15 is 0 Å². The van der Waals surface area contributed by atoms with Crippen molar-refractivity contribution in [3.8, 4) is 5.75 Å². The highest BCUT2D eigenvalue weighted by atomic mass is 16.5. The van der Waals surface area contributed by atoms with Crippen molar-refractivity contribution in [3.63, 3.8) is 0 Å². The number of nitrogens with one attached hydrogen (secondary N) is 1. The maximum Gasteiger partial charge on any atom is 0.242 e. The fourth-order valence-corrected chi connectivity index (χ4v) is 3.21. The Morgan fingerprint density at radius 3 is 2.35 bits per heavy atom. The van der Waals surface area contributed by atoms with Crippen LogP contribution in [0, 0.1) is 13.8 Å². The van der Waals surface area contributed by atoms with E-state index in [1.165, 1.54) is 5.56 Å². The van der Waals surface area contributed by atoms with Crippen LogP contribution in [0.1, 0.15) is 56.7 Å². The molecule has 2 atom stereocenters. The molecule has 31 heavy (non-hydrogen) atoms. The Morgan fingerprint density at radius 1 is 1.03 bits per heavy atom. The molecule has 0 aromatic heterocycles. The van der Waals surface area contributed by atoms with E-state index in [4.69, 9.17) is 4.74 Å². The fraction of sp³-hybridized carbons (Fsp3) is 0.462. The summed E-state index contributed by atoms with van der Waals surface area (Å²) in [7, 11) is 0. The molecule has 168 valence electrons. The van der Waals surface area contributed by atoms with E-state index in [1.807, 2.05) is 76.2 Å². The molecule has 0 spiro atoms. The Labute approximate surface area is 186 Å². The summed E-state index contributed by atoms with van der Waals surface area (Å²) in [4.78, 5) is 27.5. The van der Waals surface area contributed by atoms with E-state index in [2.05, 4.69) is 5.32 Å². The SMILES string of the molecule is CC[C@@H](C)NC(=O)[C@@H](C)N(Cc1ccccc1C)C(=O)CCCOc1ccc(C)cc1. The van der Waals surface area contributed by atoms with E-state index in [-0.39, 0.29) is 17.9 Å². The van der Waals surface area contributed by atoms with Crippen LogP contribution in [0.5, 0.6) is 5.75 Å². The van der Waals surface area contributed by atoms with Gasteiger partial charge < -0.3 is 15.0 Å². The van der Waals surface area contributed by atoms with E-state index in [0.717, 1.165) is 23.3 Å². The average Bonchev–Trinajstić information content (AvgIpc) is 2.76. The molecule has 5 heteroatoms. The second kappa shape index (κ2) is 12.1.